The zero-order valence-corrected chi connectivity index (χ0v) is 12.0. The number of nitrogens with zero attached hydrogens (tertiary/aromatic N) is 3. The van der Waals surface area contributed by atoms with Crippen LogP contribution < -0.4 is 5.56 Å². The van der Waals surface area contributed by atoms with Crippen molar-refractivity contribution in [3.05, 3.63) is 45.6 Å². The highest BCUT2D eigenvalue weighted by Gasteiger charge is 2.17. The topological polar surface area (TPSA) is 47.2 Å². The average Bonchev–Trinajstić information content (AvgIpc) is 2.36. The van der Waals surface area contributed by atoms with E-state index in [-0.39, 0.29) is 5.56 Å². The Hall–Kier alpha value is -2.23. The lowest BCUT2D eigenvalue weighted by Gasteiger charge is -2.17. The highest BCUT2D eigenvalue weighted by atomic mass is 16.1. The van der Waals surface area contributed by atoms with E-state index in [4.69, 9.17) is 4.98 Å². The van der Waals surface area contributed by atoms with Crippen LogP contribution in [0.25, 0.3) is 16.6 Å². The van der Waals surface area contributed by atoms with Crippen molar-refractivity contribution in [2.45, 2.75) is 33.6 Å². The molecule has 0 spiro atoms. The molecule has 0 radical (unpaired) electrons. The zero-order valence-electron chi connectivity index (χ0n) is 12.0. The summed E-state index contributed by atoms with van der Waals surface area (Å²) in [6.45, 7) is 6.04. The van der Waals surface area contributed by atoms with Gasteiger partial charge in [-0.25, -0.2) is 4.98 Å². The predicted octanol–water partition coefficient (Wildman–Crippen LogP) is 2.85. The minimum Gasteiger partial charge on any atom is -0.268 e. The van der Waals surface area contributed by atoms with Crippen molar-refractivity contribution >= 4 is 22.8 Å². The van der Waals surface area contributed by atoms with E-state index in [0.29, 0.717) is 5.39 Å². The van der Waals surface area contributed by atoms with E-state index in [9.17, 15) is 4.79 Å². The van der Waals surface area contributed by atoms with Crippen molar-refractivity contribution in [3.63, 3.8) is 0 Å². The smallest absolute Gasteiger partial charge is 0.266 e. The Morgan fingerprint density at radius 1 is 1.20 bits per heavy atom. The third-order valence-electron chi connectivity index (χ3n) is 3.65. The standard InChI is InChI=1S/C16H17N3O/c1-4-5-13-18-15-11(3)7-6-10(2)14(15)16(20)19(13)12-8-17-9-12/h6-9H,4-5H2,1-3H3. The monoisotopic (exact) mass is 267 g/mol. The first-order valence-electron chi connectivity index (χ1n) is 6.89. The van der Waals surface area contributed by atoms with E-state index in [2.05, 4.69) is 11.9 Å². The van der Waals surface area contributed by atoms with Gasteiger partial charge in [-0.2, -0.15) is 0 Å². The summed E-state index contributed by atoms with van der Waals surface area (Å²) in [5.41, 5.74) is 3.68. The molecule has 1 aromatic carbocycles. The second-order valence-electron chi connectivity index (χ2n) is 5.17. The Kier molecular flexibility index (Phi) is 3.01. The largest absolute Gasteiger partial charge is 0.268 e. The first kappa shape index (κ1) is 12.8. The number of hydrogen-bond acceptors (Lipinski definition) is 3. The number of aliphatic imine (C=N–C) groups is 1. The summed E-state index contributed by atoms with van der Waals surface area (Å²) in [5.74, 6) is 0.816. The third-order valence-corrected chi connectivity index (χ3v) is 3.65. The van der Waals surface area contributed by atoms with E-state index in [1.54, 1.807) is 17.0 Å². The normalized spacial score (nSPS) is 13.4. The molecule has 0 amide bonds. The number of rotatable bonds is 3. The molecular formula is C16H17N3O. The first-order chi connectivity index (χ1) is 9.63. The molecule has 102 valence electrons. The molecule has 0 aliphatic carbocycles. The molecule has 0 fully saturated rings. The number of hydrogen-bond donors (Lipinski definition) is 0. The lowest BCUT2D eigenvalue weighted by molar-refractivity contribution is 0.785. The maximum absolute atomic E-state index is 12.9. The summed E-state index contributed by atoms with van der Waals surface area (Å²) in [6, 6.07) is 4.00. The molecule has 0 saturated heterocycles. The van der Waals surface area contributed by atoms with Crippen LogP contribution >= 0.6 is 0 Å². The van der Waals surface area contributed by atoms with Crippen LogP contribution in [-0.4, -0.2) is 15.8 Å². The van der Waals surface area contributed by atoms with Gasteiger partial charge in [-0.15, -0.1) is 0 Å². The van der Waals surface area contributed by atoms with Gasteiger partial charge in [0.2, 0.25) is 0 Å². The van der Waals surface area contributed by atoms with Crippen LogP contribution in [0.1, 0.15) is 30.3 Å². The molecule has 0 bridgehead atoms. The fourth-order valence-electron chi connectivity index (χ4n) is 2.53. The van der Waals surface area contributed by atoms with Crippen LogP contribution in [0.5, 0.6) is 0 Å². The van der Waals surface area contributed by atoms with Gasteiger partial charge in [0.1, 0.15) is 5.82 Å². The predicted molar refractivity (Wildman–Crippen MR) is 82.2 cm³/mol. The minimum atomic E-state index is 0.0112. The van der Waals surface area contributed by atoms with Gasteiger partial charge in [-0.3, -0.25) is 14.4 Å². The summed E-state index contributed by atoms with van der Waals surface area (Å²) in [5, 5.41) is 0.714. The molecular weight excluding hydrogens is 250 g/mol. The molecule has 3 rings (SSSR count). The van der Waals surface area contributed by atoms with Crippen LogP contribution in [0.15, 0.2) is 28.1 Å². The van der Waals surface area contributed by atoms with Gasteiger partial charge in [0, 0.05) is 6.42 Å². The van der Waals surface area contributed by atoms with Crippen molar-refractivity contribution < 1.29 is 0 Å². The van der Waals surface area contributed by atoms with E-state index in [1.807, 2.05) is 26.0 Å². The van der Waals surface area contributed by atoms with Gasteiger partial charge < -0.3 is 0 Å². The summed E-state index contributed by atoms with van der Waals surface area (Å²) >= 11 is 0. The van der Waals surface area contributed by atoms with Crippen molar-refractivity contribution in [1.82, 2.24) is 9.55 Å². The molecule has 20 heavy (non-hydrogen) atoms. The van der Waals surface area contributed by atoms with Gasteiger partial charge in [-0.1, -0.05) is 19.1 Å². The van der Waals surface area contributed by atoms with E-state index < -0.39 is 0 Å². The lowest BCUT2D eigenvalue weighted by atomic mass is 10.1. The van der Waals surface area contributed by atoms with E-state index >= 15 is 0 Å². The summed E-state index contributed by atoms with van der Waals surface area (Å²) in [6.07, 6.45) is 5.15. The zero-order chi connectivity index (χ0) is 14.3. The molecule has 1 aliphatic heterocycles. The number of aromatic nitrogens is 2. The molecule has 1 aromatic heterocycles. The molecule has 0 unspecified atom stereocenters. The minimum absolute atomic E-state index is 0.0112. The molecule has 0 N–H and O–H groups in total. The molecule has 0 saturated carbocycles. The van der Waals surface area contributed by atoms with Gasteiger partial charge in [0.05, 0.1) is 29.0 Å². The Morgan fingerprint density at radius 2 is 1.90 bits per heavy atom. The van der Waals surface area contributed by atoms with Crippen LogP contribution in [0.2, 0.25) is 0 Å². The molecule has 2 aromatic rings. The SMILES string of the molecule is CCCc1nc2c(C)ccc(C)c2c(=O)n1C1=CN=C1. The Morgan fingerprint density at radius 3 is 2.50 bits per heavy atom. The molecule has 1 aliphatic rings. The average molecular weight is 267 g/mol. The highest BCUT2D eigenvalue weighted by Crippen LogP contribution is 2.20. The van der Waals surface area contributed by atoms with Crippen LogP contribution in [-0.2, 0) is 6.42 Å². The number of allylic oxidation sites excluding steroid dienone is 1. The van der Waals surface area contributed by atoms with Crippen LogP contribution in [0, 0.1) is 13.8 Å². The lowest BCUT2D eigenvalue weighted by Crippen LogP contribution is -2.27. The maximum atomic E-state index is 12.9. The van der Waals surface area contributed by atoms with E-state index in [1.165, 1.54) is 0 Å². The Balaban J connectivity index is 2.42. The van der Waals surface area contributed by atoms with Crippen molar-refractivity contribution in [2.75, 3.05) is 0 Å². The van der Waals surface area contributed by atoms with Gasteiger partial charge in [-0.05, 0) is 31.4 Å². The van der Waals surface area contributed by atoms with Crippen molar-refractivity contribution in [2.24, 2.45) is 4.99 Å². The Bertz CT molecular complexity index is 813. The Labute approximate surface area is 117 Å². The summed E-state index contributed by atoms with van der Waals surface area (Å²) < 4.78 is 1.70. The summed E-state index contributed by atoms with van der Waals surface area (Å²) in [4.78, 5) is 21.6. The second-order valence-corrected chi connectivity index (χ2v) is 5.17. The van der Waals surface area contributed by atoms with Crippen LogP contribution in [0.4, 0.5) is 0 Å². The molecule has 0 atom stereocenters. The maximum Gasteiger partial charge on any atom is 0.266 e. The quantitative estimate of drug-likeness (QED) is 0.858. The molecule has 2 heterocycles. The molecule has 4 nitrogen and oxygen atoms in total. The van der Waals surface area contributed by atoms with Crippen molar-refractivity contribution in [3.8, 4) is 0 Å². The number of benzene rings is 1. The van der Waals surface area contributed by atoms with Crippen LogP contribution in [0.3, 0.4) is 0 Å². The fourth-order valence-corrected chi connectivity index (χ4v) is 2.53. The van der Waals surface area contributed by atoms with Gasteiger partial charge >= 0.3 is 0 Å². The summed E-state index contributed by atoms with van der Waals surface area (Å²) in [7, 11) is 0. The number of aryl methyl sites for hydroxylation is 3. The van der Waals surface area contributed by atoms with Gasteiger partial charge in [0.25, 0.3) is 5.56 Å². The fraction of sp³-hybridized carbons (Fsp3) is 0.312. The first-order valence-corrected chi connectivity index (χ1v) is 6.89. The third kappa shape index (κ3) is 1.80. The molecule has 4 heteroatoms. The number of fused-ring (bicyclic) bond motifs is 1. The van der Waals surface area contributed by atoms with Crippen molar-refractivity contribution in [1.29, 1.82) is 0 Å². The second kappa shape index (κ2) is 4.71. The van der Waals surface area contributed by atoms with E-state index in [0.717, 1.165) is 41.0 Å². The highest BCUT2D eigenvalue weighted by molar-refractivity contribution is 6.08. The van der Waals surface area contributed by atoms with Gasteiger partial charge in [0.15, 0.2) is 0 Å².